The Kier molecular flexibility index (Phi) is 3.44. The summed E-state index contributed by atoms with van der Waals surface area (Å²) < 4.78 is 0. The number of carbonyl (C=O) groups is 2. The van der Waals surface area contributed by atoms with Crippen LogP contribution in [-0.2, 0) is 9.59 Å². The van der Waals surface area contributed by atoms with Crippen LogP contribution >= 0.6 is 0 Å². The Labute approximate surface area is 98.1 Å². The van der Waals surface area contributed by atoms with Crippen LogP contribution in [0.5, 0.6) is 0 Å². The zero-order valence-electron chi connectivity index (χ0n) is 9.09. The number of rotatable bonds is 3. The lowest BCUT2D eigenvalue weighted by molar-refractivity contribution is -0.139. The van der Waals surface area contributed by atoms with Gasteiger partial charge in [0.1, 0.15) is 0 Å². The maximum absolute atomic E-state index is 11.2. The Hall–Kier alpha value is -2.24. The standard InChI is InChI=1S/C11H12N4O2/c16-10(14-9-3-4-9)11(17)15-13-7-8-2-1-5-12-6-8/h1-2,5-7,9H,3-4H2,(H,14,16)(H,15,17)/b13-7-. The van der Waals surface area contributed by atoms with E-state index in [1.54, 1.807) is 24.5 Å². The molecule has 0 atom stereocenters. The molecule has 0 spiro atoms. The first kappa shape index (κ1) is 11.3. The van der Waals surface area contributed by atoms with Crippen molar-refractivity contribution in [2.24, 2.45) is 5.10 Å². The van der Waals surface area contributed by atoms with Crippen LogP contribution in [0.3, 0.4) is 0 Å². The van der Waals surface area contributed by atoms with Gasteiger partial charge in [0.15, 0.2) is 0 Å². The third kappa shape index (κ3) is 3.67. The van der Waals surface area contributed by atoms with Crippen LogP contribution in [0.15, 0.2) is 29.6 Å². The Morgan fingerprint density at radius 1 is 1.41 bits per heavy atom. The van der Waals surface area contributed by atoms with Gasteiger partial charge in [-0.15, -0.1) is 0 Å². The average molecular weight is 232 g/mol. The zero-order chi connectivity index (χ0) is 12.1. The van der Waals surface area contributed by atoms with Crippen LogP contribution in [0.4, 0.5) is 0 Å². The van der Waals surface area contributed by atoms with Crippen LogP contribution in [0.1, 0.15) is 18.4 Å². The SMILES string of the molecule is O=C(N/N=C\c1cccnc1)C(=O)NC1CC1. The summed E-state index contributed by atoms with van der Waals surface area (Å²) >= 11 is 0. The molecule has 0 bridgehead atoms. The lowest BCUT2D eigenvalue weighted by atomic mass is 10.3. The van der Waals surface area contributed by atoms with Crippen molar-refractivity contribution in [1.29, 1.82) is 0 Å². The Morgan fingerprint density at radius 3 is 2.88 bits per heavy atom. The molecule has 1 heterocycles. The third-order valence-electron chi connectivity index (χ3n) is 2.18. The summed E-state index contributed by atoms with van der Waals surface area (Å²) in [6.45, 7) is 0. The fraction of sp³-hybridized carbons (Fsp3) is 0.273. The molecule has 88 valence electrons. The van der Waals surface area contributed by atoms with Crippen LogP contribution in [-0.4, -0.2) is 29.1 Å². The van der Waals surface area contributed by atoms with Gasteiger partial charge in [0.05, 0.1) is 6.21 Å². The fourth-order valence-corrected chi connectivity index (χ4v) is 1.15. The van der Waals surface area contributed by atoms with Gasteiger partial charge in [0.25, 0.3) is 0 Å². The maximum Gasteiger partial charge on any atom is 0.329 e. The van der Waals surface area contributed by atoms with E-state index in [9.17, 15) is 9.59 Å². The summed E-state index contributed by atoms with van der Waals surface area (Å²) in [6, 6.07) is 3.70. The fourth-order valence-electron chi connectivity index (χ4n) is 1.15. The van der Waals surface area contributed by atoms with Crippen molar-refractivity contribution in [3.05, 3.63) is 30.1 Å². The highest BCUT2D eigenvalue weighted by atomic mass is 16.2. The molecule has 2 rings (SSSR count). The Morgan fingerprint density at radius 2 is 2.24 bits per heavy atom. The van der Waals surface area contributed by atoms with Crippen LogP contribution in [0.2, 0.25) is 0 Å². The molecule has 17 heavy (non-hydrogen) atoms. The molecule has 6 nitrogen and oxygen atoms in total. The minimum Gasteiger partial charge on any atom is -0.345 e. The molecule has 6 heteroatoms. The maximum atomic E-state index is 11.2. The highest BCUT2D eigenvalue weighted by Gasteiger charge is 2.26. The minimum absolute atomic E-state index is 0.163. The lowest BCUT2D eigenvalue weighted by Crippen LogP contribution is -2.38. The van der Waals surface area contributed by atoms with E-state index in [1.807, 2.05) is 0 Å². The van der Waals surface area contributed by atoms with Crippen LogP contribution in [0, 0.1) is 0 Å². The number of nitrogens with one attached hydrogen (secondary N) is 2. The van der Waals surface area contributed by atoms with Gasteiger partial charge < -0.3 is 5.32 Å². The van der Waals surface area contributed by atoms with Gasteiger partial charge in [-0.2, -0.15) is 5.10 Å². The highest BCUT2D eigenvalue weighted by Crippen LogP contribution is 2.18. The van der Waals surface area contributed by atoms with Gasteiger partial charge in [-0.05, 0) is 18.9 Å². The van der Waals surface area contributed by atoms with E-state index in [0.717, 1.165) is 18.4 Å². The first-order chi connectivity index (χ1) is 8.25. The molecule has 0 aliphatic heterocycles. The summed E-state index contributed by atoms with van der Waals surface area (Å²) in [5, 5.41) is 6.23. The van der Waals surface area contributed by atoms with Crippen molar-refractivity contribution < 1.29 is 9.59 Å². The lowest BCUT2D eigenvalue weighted by Gasteiger charge is -2.00. The molecular weight excluding hydrogens is 220 g/mol. The molecule has 2 amide bonds. The minimum atomic E-state index is -0.753. The molecule has 0 radical (unpaired) electrons. The third-order valence-corrected chi connectivity index (χ3v) is 2.18. The highest BCUT2D eigenvalue weighted by molar-refractivity contribution is 6.35. The first-order valence-corrected chi connectivity index (χ1v) is 5.29. The van der Waals surface area contributed by atoms with Gasteiger partial charge in [-0.25, -0.2) is 5.43 Å². The molecule has 1 aliphatic rings. The number of pyridine rings is 1. The van der Waals surface area contributed by atoms with E-state index in [0.29, 0.717) is 0 Å². The summed E-state index contributed by atoms with van der Waals surface area (Å²) in [4.78, 5) is 26.4. The number of hydrogen-bond acceptors (Lipinski definition) is 4. The largest absolute Gasteiger partial charge is 0.345 e. The van der Waals surface area contributed by atoms with Gasteiger partial charge in [0.2, 0.25) is 0 Å². The van der Waals surface area contributed by atoms with Crippen molar-refractivity contribution in [2.75, 3.05) is 0 Å². The smallest absolute Gasteiger partial charge is 0.329 e. The van der Waals surface area contributed by atoms with E-state index >= 15 is 0 Å². The van der Waals surface area contributed by atoms with Gasteiger partial charge >= 0.3 is 11.8 Å². The van der Waals surface area contributed by atoms with Crippen LogP contribution < -0.4 is 10.7 Å². The molecule has 1 saturated carbocycles. The van der Waals surface area contributed by atoms with Crippen molar-refractivity contribution in [3.63, 3.8) is 0 Å². The van der Waals surface area contributed by atoms with Crippen LogP contribution in [0.25, 0.3) is 0 Å². The van der Waals surface area contributed by atoms with E-state index < -0.39 is 11.8 Å². The zero-order valence-corrected chi connectivity index (χ0v) is 9.09. The first-order valence-electron chi connectivity index (χ1n) is 5.29. The van der Waals surface area contributed by atoms with E-state index in [2.05, 4.69) is 20.8 Å². The molecule has 0 unspecified atom stereocenters. The van der Waals surface area contributed by atoms with Crippen molar-refractivity contribution >= 4 is 18.0 Å². The predicted octanol–water partition coefficient (Wildman–Crippen LogP) is -0.190. The van der Waals surface area contributed by atoms with Gasteiger partial charge in [0, 0.05) is 24.0 Å². The van der Waals surface area contributed by atoms with E-state index in [1.165, 1.54) is 6.21 Å². The molecule has 1 aromatic rings. The predicted molar refractivity (Wildman–Crippen MR) is 61.1 cm³/mol. The molecule has 0 saturated heterocycles. The molecule has 1 aromatic heterocycles. The van der Waals surface area contributed by atoms with Gasteiger partial charge in [-0.1, -0.05) is 6.07 Å². The summed E-state index contributed by atoms with van der Waals surface area (Å²) in [5.74, 6) is -1.40. The second-order valence-corrected chi connectivity index (χ2v) is 3.73. The molecule has 1 aliphatic carbocycles. The second kappa shape index (κ2) is 5.20. The average Bonchev–Trinajstić information content (AvgIpc) is 3.14. The van der Waals surface area contributed by atoms with Crippen molar-refractivity contribution in [1.82, 2.24) is 15.7 Å². The van der Waals surface area contributed by atoms with Crippen molar-refractivity contribution in [2.45, 2.75) is 18.9 Å². The summed E-state index contributed by atoms with van der Waals surface area (Å²) in [5.41, 5.74) is 2.90. The van der Waals surface area contributed by atoms with Crippen molar-refractivity contribution in [3.8, 4) is 0 Å². The number of hydrazone groups is 1. The topological polar surface area (TPSA) is 83.5 Å². The normalized spacial score (nSPS) is 14.6. The quantitative estimate of drug-likeness (QED) is 0.430. The Bertz CT molecular complexity index is 440. The number of hydrogen-bond donors (Lipinski definition) is 2. The molecule has 2 N–H and O–H groups in total. The number of aromatic nitrogens is 1. The van der Waals surface area contributed by atoms with E-state index in [-0.39, 0.29) is 6.04 Å². The monoisotopic (exact) mass is 232 g/mol. The molecule has 0 aromatic carbocycles. The number of nitrogens with zero attached hydrogens (tertiary/aromatic N) is 2. The molecule has 1 fully saturated rings. The summed E-state index contributed by atoms with van der Waals surface area (Å²) in [7, 11) is 0. The Balaban J connectivity index is 1.79. The number of carbonyl (C=O) groups excluding carboxylic acids is 2. The van der Waals surface area contributed by atoms with E-state index in [4.69, 9.17) is 0 Å². The van der Waals surface area contributed by atoms with Gasteiger partial charge in [-0.3, -0.25) is 14.6 Å². The molecular formula is C11H12N4O2. The second-order valence-electron chi connectivity index (χ2n) is 3.73. The summed E-state index contributed by atoms with van der Waals surface area (Å²) in [6.07, 6.45) is 6.55. The number of amides is 2.